The van der Waals surface area contributed by atoms with Crippen LogP contribution in [0.1, 0.15) is 27.7 Å². The normalized spacial score (nSPS) is 10.5. The van der Waals surface area contributed by atoms with Crippen molar-refractivity contribution in [1.29, 1.82) is 5.26 Å². The van der Waals surface area contributed by atoms with Crippen LogP contribution in [0, 0.1) is 11.3 Å². The zero-order valence-electron chi connectivity index (χ0n) is 13.8. The van der Waals surface area contributed by atoms with Gasteiger partial charge in [0, 0.05) is 16.9 Å². The predicted molar refractivity (Wildman–Crippen MR) is 98.7 cm³/mol. The SMILES string of the molecule is CCOC(=O)c1sc(N)c(C#N)c1CSc1nnc(-c2ccccc2)o1. The van der Waals surface area contributed by atoms with E-state index in [-0.39, 0.29) is 12.2 Å². The van der Waals surface area contributed by atoms with Crippen LogP contribution in [-0.2, 0) is 10.5 Å². The highest BCUT2D eigenvalue weighted by Crippen LogP contribution is 2.35. The van der Waals surface area contributed by atoms with Crippen LogP contribution in [-0.4, -0.2) is 22.8 Å². The second-order valence-corrected chi connectivity index (χ2v) is 6.99. The van der Waals surface area contributed by atoms with Gasteiger partial charge in [0.1, 0.15) is 15.9 Å². The monoisotopic (exact) mass is 386 g/mol. The molecule has 0 unspecified atom stereocenters. The highest BCUT2D eigenvalue weighted by atomic mass is 32.2. The fraction of sp³-hybridized carbons (Fsp3) is 0.176. The molecule has 2 N–H and O–H groups in total. The summed E-state index contributed by atoms with van der Waals surface area (Å²) in [4.78, 5) is 12.4. The number of thioether (sulfide) groups is 1. The maximum Gasteiger partial charge on any atom is 0.348 e. The third-order valence-electron chi connectivity index (χ3n) is 3.37. The lowest BCUT2D eigenvalue weighted by Crippen LogP contribution is -2.05. The topological polar surface area (TPSA) is 115 Å². The van der Waals surface area contributed by atoms with Gasteiger partial charge in [-0.2, -0.15) is 5.26 Å². The number of thiophene rings is 1. The number of rotatable bonds is 6. The molecule has 3 rings (SSSR count). The maximum atomic E-state index is 12.1. The van der Waals surface area contributed by atoms with Crippen LogP contribution in [0.3, 0.4) is 0 Å². The summed E-state index contributed by atoms with van der Waals surface area (Å²) in [5.74, 6) is 0.210. The number of esters is 1. The van der Waals surface area contributed by atoms with Crippen molar-refractivity contribution in [3.63, 3.8) is 0 Å². The first kappa shape index (κ1) is 18.0. The number of carbonyl (C=O) groups is 1. The Bertz CT molecular complexity index is 960. The quantitative estimate of drug-likeness (QED) is 0.503. The zero-order valence-corrected chi connectivity index (χ0v) is 15.4. The molecular weight excluding hydrogens is 372 g/mol. The Hall–Kier alpha value is -2.83. The molecular formula is C17H14N4O3S2. The Morgan fingerprint density at radius 2 is 2.15 bits per heavy atom. The van der Waals surface area contributed by atoms with Crippen LogP contribution >= 0.6 is 23.1 Å². The van der Waals surface area contributed by atoms with Gasteiger partial charge >= 0.3 is 5.97 Å². The van der Waals surface area contributed by atoms with Crippen LogP contribution < -0.4 is 5.73 Å². The van der Waals surface area contributed by atoms with E-state index in [2.05, 4.69) is 10.2 Å². The standard InChI is InChI=1S/C17H14N4O3S2/c1-2-23-16(22)13-12(11(8-18)14(19)26-13)9-25-17-21-20-15(24-17)10-6-4-3-5-7-10/h3-7H,2,9,19H2,1H3. The molecule has 0 spiro atoms. The van der Waals surface area contributed by atoms with E-state index in [0.717, 1.165) is 16.9 Å². The van der Waals surface area contributed by atoms with Crippen molar-refractivity contribution in [3.8, 4) is 17.5 Å². The third-order valence-corrected chi connectivity index (χ3v) is 5.26. The fourth-order valence-corrected chi connectivity index (χ4v) is 4.02. The lowest BCUT2D eigenvalue weighted by atomic mass is 10.2. The van der Waals surface area contributed by atoms with Crippen LogP contribution in [0.4, 0.5) is 5.00 Å². The average molecular weight is 386 g/mol. The molecule has 1 aromatic carbocycles. The third kappa shape index (κ3) is 3.71. The maximum absolute atomic E-state index is 12.1. The number of ether oxygens (including phenoxy) is 1. The van der Waals surface area contributed by atoms with Crippen molar-refractivity contribution in [2.45, 2.75) is 17.9 Å². The number of nitrogens with zero attached hydrogens (tertiary/aromatic N) is 3. The highest BCUT2D eigenvalue weighted by Gasteiger charge is 2.23. The Morgan fingerprint density at radius 1 is 1.38 bits per heavy atom. The van der Waals surface area contributed by atoms with Crippen molar-refractivity contribution >= 4 is 34.1 Å². The van der Waals surface area contributed by atoms with Gasteiger partial charge in [-0.15, -0.1) is 21.5 Å². The number of benzene rings is 1. The minimum atomic E-state index is -0.489. The molecule has 0 aliphatic heterocycles. The molecule has 0 bridgehead atoms. The number of carbonyl (C=O) groups excluding carboxylic acids is 1. The fourth-order valence-electron chi connectivity index (χ4n) is 2.21. The van der Waals surface area contributed by atoms with Crippen LogP contribution in [0.2, 0.25) is 0 Å². The molecule has 0 saturated heterocycles. The molecule has 3 aromatic rings. The predicted octanol–water partition coefficient (Wildman–Crippen LogP) is 3.72. The van der Waals surface area contributed by atoms with Crippen LogP contribution in [0.5, 0.6) is 0 Å². The molecule has 7 nitrogen and oxygen atoms in total. The lowest BCUT2D eigenvalue weighted by molar-refractivity contribution is 0.0531. The minimum Gasteiger partial charge on any atom is -0.462 e. The van der Waals surface area contributed by atoms with Gasteiger partial charge in [-0.3, -0.25) is 0 Å². The first-order valence-corrected chi connectivity index (χ1v) is 9.44. The Balaban J connectivity index is 1.81. The number of anilines is 1. The number of nitrogen functional groups attached to an aromatic ring is 1. The molecule has 0 amide bonds. The van der Waals surface area contributed by atoms with Gasteiger partial charge in [-0.25, -0.2) is 4.79 Å². The van der Waals surface area contributed by atoms with E-state index in [9.17, 15) is 10.1 Å². The molecule has 26 heavy (non-hydrogen) atoms. The first-order chi connectivity index (χ1) is 12.6. The van der Waals surface area contributed by atoms with Crippen molar-refractivity contribution < 1.29 is 13.9 Å². The summed E-state index contributed by atoms with van der Waals surface area (Å²) >= 11 is 2.29. The van der Waals surface area contributed by atoms with E-state index in [1.807, 2.05) is 36.4 Å². The van der Waals surface area contributed by atoms with Gasteiger partial charge in [0.15, 0.2) is 0 Å². The van der Waals surface area contributed by atoms with E-state index in [0.29, 0.717) is 32.3 Å². The second kappa shape index (κ2) is 8.03. The van der Waals surface area contributed by atoms with Gasteiger partial charge in [0.05, 0.1) is 12.2 Å². The summed E-state index contributed by atoms with van der Waals surface area (Å²) < 4.78 is 10.7. The first-order valence-electron chi connectivity index (χ1n) is 7.64. The van der Waals surface area contributed by atoms with Gasteiger partial charge in [0.2, 0.25) is 5.89 Å². The Kier molecular flexibility index (Phi) is 5.55. The Labute approximate surface area is 157 Å². The minimum absolute atomic E-state index is 0.245. The zero-order chi connectivity index (χ0) is 18.5. The van der Waals surface area contributed by atoms with E-state index < -0.39 is 5.97 Å². The van der Waals surface area contributed by atoms with Gasteiger partial charge in [0.25, 0.3) is 5.22 Å². The summed E-state index contributed by atoms with van der Waals surface area (Å²) in [5.41, 5.74) is 7.49. The largest absolute Gasteiger partial charge is 0.462 e. The summed E-state index contributed by atoms with van der Waals surface area (Å²) in [6.45, 7) is 1.97. The van der Waals surface area contributed by atoms with Crippen LogP contribution in [0.25, 0.3) is 11.5 Å². The van der Waals surface area contributed by atoms with Gasteiger partial charge in [-0.1, -0.05) is 30.0 Å². The van der Waals surface area contributed by atoms with Gasteiger partial charge in [-0.05, 0) is 19.1 Å². The summed E-state index contributed by atoms with van der Waals surface area (Å²) in [5, 5.41) is 18.0. The van der Waals surface area contributed by atoms with E-state index >= 15 is 0 Å². The number of nitriles is 1. The summed E-state index contributed by atoms with van der Waals surface area (Å²) in [6, 6.07) is 11.4. The second-order valence-electron chi connectivity index (χ2n) is 5.01. The number of hydrogen-bond donors (Lipinski definition) is 1. The molecule has 9 heteroatoms. The van der Waals surface area contributed by atoms with Crippen molar-refractivity contribution in [1.82, 2.24) is 10.2 Å². The Morgan fingerprint density at radius 3 is 2.85 bits per heavy atom. The van der Waals surface area contributed by atoms with Gasteiger partial charge < -0.3 is 14.9 Å². The van der Waals surface area contributed by atoms with E-state index in [1.54, 1.807) is 6.92 Å². The molecule has 2 aromatic heterocycles. The van der Waals surface area contributed by atoms with E-state index in [4.69, 9.17) is 14.9 Å². The number of nitrogens with two attached hydrogens (primary N) is 1. The number of aromatic nitrogens is 2. The molecule has 2 heterocycles. The smallest absolute Gasteiger partial charge is 0.348 e. The highest BCUT2D eigenvalue weighted by molar-refractivity contribution is 7.98. The molecule has 0 radical (unpaired) electrons. The summed E-state index contributed by atoms with van der Waals surface area (Å²) in [7, 11) is 0. The molecule has 132 valence electrons. The lowest BCUT2D eigenvalue weighted by Gasteiger charge is -2.02. The van der Waals surface area contributed by atoms with E-state index in [1.165, 1.54) is 11.8 Å². The molecule has 0 atom stereocenters. The average Bonchev–Trinajstić information content (AvgIpc) is 3.25. The van der Waals surface area contributed by atoms with Crippen molar-refractivity contribution in [3.05, 3.63) is 46.3 Å². The molecule has 0 saturated carbocycles. The van der Waals surface area contributed by atoms with Crippen molar-refractivity contribution in [2.24, 2.45) is 0 Å². The van der Waals surface area contributed by atoms with Crippen LogP contribution in [0.15, 0.2) is 40.0 Å². The summed E-state index contributed by atoms with van der Waals surface area (Å²) in [6.07, 6.45) is 0. The molecule has 0 aliphatic rings. The molecule has 0 aliphatic carbocycles. The van der Waals surface area contributed by atoms with Crippen molar-refractivity contribution in [2.75, 3.05) is 12.3 Å². The number of hydrogen-bond acceptors (Lipinski definition) is 9. The molecule has 0 fully saturated rings.